The lowest BCUT2D eigenvalue weighted by Crippen LogP contribution is -2.51. The third kappa shape index (κ3) is 4.59. The molecule has 2 rings (SSSR count). The number of aliphatic imine (C=N–C) groups is 1. The van der Waals surface area contributed by atoms with E-state index in [1.165, 1.54) is 6.07 Å². The van der Waals surface area contributed by atoms with Gasteiger partial charge in [0.1, 0.15) is 6.10 Å². The van der Waals surface area contributed by atoms with E-state index in [0.717, 1.165) is 19.8 Å². The van der Waals surface area contributed by atoms with Gasteiger partial charge in [0.25, 0.3) is 0 Å². The van der Waals surface area contributed by atoms with Gasteiger partial charge in [0.15, 0.2) is 17.5 Å². The lowest BCUT2D eigenvalue weighted by atomic mass is 9.89. The van der Waals surface area contributed by atoms with Crippen molar-refractivity contribution in [2.75, 3.05) is 33.4 Å². The number of para-hydroxylation sites is 1. The van der Waals surface area contributed by atoms with Crippen LogP contribution in [-0.4, -0.2) is 45.4 Å². The summed E-state index contributed by atoms with van der Waals surface area (Å²) in [5, 5.41) is 6.45. The van der Waals surface area contributed by atoms with E-state index in [0.29, 0.717) is 12.5 Å². The van der Waals surface area contributed by atoms with Gasteiger partial charge < -0.3 is 20.1 Å². The van der Waals surface area contributed by atoms with Crippen molar-refractivity contribution < 1.29 is 13.9 Å². The fourth-order valence-corrected chi connectivity index (χ4v) is 2.11. The third-order valence-electron chi connectivity index (χ3n) is 3.53. The largest absolute Gasteiger partial charge is 0.486 e. The molecule has 0 aliphatic carbocycles. The van der Waals surface area contributed by atoms with Crippen molar-refractivity contribution >= 4 is 5.96 Å². The number of ether oxygens (including phenoxy) is 2. The Bertz CT molecular complexity index is 518. The molecule has 1 aromatic carbocycles. The van der Waals surface area contributed by atoms with E-state index in [1.54, 1.807) is 25.2 Å². The first-order chi connectivity index (χ1) is 10.5. The SMILES string of the molecule is CN=C(NCC(C)Oc1ccccc1F)NCC1(C)COC1. The summed E-state index contributed by atoms with van der Waals surface area (Å²) in [6.45, 7) is 6.92. The number of nitrogens with one attached hydrogen (secondary N) is 2. The first kappa shape index (κ1) is 16.5. The molecule has 0 spiro atoms. The summed E-state index contributed by atoms with van der Waals surface area (Å²) < 4.78 is 24.3. The van der Waals surface area contributed by atoms with Gasteiger partial charge in [-0.1, -0.05) is 19.1 Å². The zero-order valence-corrected chi connectivity index (χ0v) is 13.4. The first-order valence-corrected chi connectivity index (χ1v) is 7.46. The minimum atomic E-state index is -0.352. The topological polar surface area (TPSA) is 54.9 Å². The van der Waals surface area contributed by atoms with Crippen LogP contribution in [0.5, 0.6) is 5.75 Å². The number of rotatable bonds is 6. The number of nitrogens with zero attached hydrogens (tertiary/aromatic N) is 1. The minimum absolute atomic E-state index is 0.174. The molecule has 0 bridgehead atoms. The predicted molar refractivity (Wildman–Crippen MR) is 84.8 cm³/mol. The summed E-state index contributed by atoms with van der Waals surface area (Å²) in [6, 6.07) is 6.40. The molecule has 22 heavy (non-hydrogen) atoms. The summed E-state index contributed by atoms with van der Waals surface area (Å²) in [7, 11) is 1.72. The van der Waals surface area contributed by atoms with Crippen LogP contribution in [-0.2, 0) is 4.74 Å². The second-order valence-electron chi connectivity index (χ2n) is 5.97. The monoisotopic (exact) mass is 309 g/mol. The Morgan fingerprint density at radius 1 is 1.41 bits per heavy atom. The van der Waals surface area contributed by atoms with Crippen LogP contribution in [0.3, 0.4) is 0 Å². The van der Waals surface area contributed by atoms with Crippen molar-refractivity contribution in [3.8, 4) is 5.75 Å². The summed E-state index contributed by atoms with van der Waals surface area (Å²) in [5.74, 6) is 0.616. The standard InChI is InChI=1S/C16H24FN3O2/c1-12(22-14-7-5-4-6-13(14)17)8-19-15(18-3)20-9-16(2)10-21-11-16/h4-7,12H,8-11H2,1-3H3,(H2,18,19,20). The molecule has 1 heterocycles. The van der Waals surface area contributed by atoms with Crippen LogP contribution in [0.1, 0.15) is 13.8 Å². The third-order valence-corrected chi connectivity index (χ3v) is 3.53. The van der Waals surface area contributed by atoms with Crippen molar-refractivity contribution in [3.63, 3.8) is 0 Å². The first-order valence-electron chi connectivity index (χ1n) is 7.46. The van der Waals surface area contributed by atoms with E-state index in [9.17, 15) is 4.39 Å². The van der Waals surface area contributed by atoms with E-state index in [2.05, 4.69) is 22.5 Å². The molecule has 6 heteroatoms. The van der Waals surface area contributed by atoms with Gasteiger partial charge >= 0.3 is 0 Å². The lowest BCUT2D eigenvalue weighted by molar-refractivity contribution is -0.0971. The smallest absolute Gasteiger partial charge is 0.191 e. The fourth-order valence-electron chi connectivity index (χ4n) is 2.11. The van der Waals surface area contributed by atoms with E-state index >= 15 is 0 Å². The molecule has 5 nitrogen and oxygen atoms in total. The predicted octanol–water partition coefficient (Wildman–Crippen LogP) is 1.79. The molecule has 0 aromatic heterocycles. The maximum atomic E-state index is 13.5. The van der Waals surface area contributed by atoms with Crippen LogP contribution < -0.4 is 15.4 Å². The average molecular weight is 309 g/mol. The molecule has 0 saturated carbocycles. The number of guanidine groups is 1. The molecule has 1 unspecified atom stereocenters. The molecule has 1 saturated heterocycles. The summed E-state index contributed by atoms with van der Waals surface area (Å²) in [4.78, 5) is 4.17. The van der Waals surface area contributed by atoms with Gasteiger partial charge in [-0.15, -0.1) is 0 Å². The maximum Gasteiger partial charge on any atom is 0.191 e. The van der Waals surface area contributed by atoms with Gasteiger partial charge in [-0.05, 0) is 19.1 Å². The van der Waals surface area contributed by atoms with Gasteiger partial charge in [0, 0.05) is 19.0 Å². The van der Waals surface area contributed by atoms with Gasteiger partial charge in [0.2, 0.25) is 0 Å². The van der Waals surface area contributed by atoms with E-state index in [4.69, 9.17) is 9.47 Å². The van der Waals surface area contributed by atoms with E-state index < -0.39 is 0 Å². The minimum Gasteiger partial charge on any atom is -0.486 e. The fraction of sp³-hybridized carbons (Fsp3) is 0.562. The number of halogens is 1. The second kappa shape index (κ2) is 7.45. The molecular weight excluding hydrogens is 285 g/mol. The number of benzene rings is 1. The molecule has 1 aliphatic heterocycles. The normalized spacial score (nSPS) is 18.3. The average Bonchev–Trinajstić information content (AvgIpc) is 2.48. The quantitative estimate of drug-likeness (QED) is 0.621. The molecule has 2 N–H and O–H groups in total. The van der Waals surface area contributed by atoms with Gasteiger partial charge in [-0.3, -0.25) is 4.99 Å². The Labute approximate surface area is 130 Å². The molecule has 0 radical (unpaired) electrons. The second-order valence-corrected chi connectivity index (χ2v) is 5.97. The van der Waals surface area contributed by atoms with Crippen LogP contribution in [0.2, 0.25) is 0 Å². The van der Waals surface area contributed by atoms with Crippen molar-refractivity contribution in [2.45, 2.75) is 20.0 Å². The van der Waals surface area contributed by atoms with Gasteiger partial charge in [0.05, 0.1) is 19.8 Å². The van der Waals surface area contributed by atoms with Gasteiger partial charge in [-0.25, -0.2) is 4.39 Å². The zero-order valence-electron chi connectivity index (χ0n) is 13.4. The molecule has 1 aliphatic rings. The molecular formula is C16H24FN3O2. The van der Waals surface area contributed by atoms with Crippen molar-refractivity contribution in [1.82, 2.24) is 10.6 Å². The lowest BCUT2D eigenvalue weighted by Gasteiger charge is -2.38. The number of hydrogen-bond acceptors (Lipinski definition) is 3. The highest BCUT2D eigenvalue weighted by Gasteiger charge is 2.33. The van der Waals surface area contributed by atoms with Crippen LogP contribution in [0.4, 0.5) is 4.39 Å². The Kier molecular flexibility index (Phi) is 5.60. The van der Waals surface area contributed by atoms with E-state index in [1.807, 2.05) is 6.92 Å². The summed E-state index contributed by atoms with van der Waals surface area (Å²) in [5.41, 5.74) is 0.174. The van der Waals surface area contributed by atoms with Gasteiger partial charge in [-0.2, -0.15) is 0 Å². The highest BCUT2D eigenvalue weighted by atomic mass is 19.1. The molecule has 0 amide bonds. The highest BCUT2D eigenvalue weighted by molar-refractivity contribution is 5.79. The Balaban J connectivity index is 1.74. The molecule has 1 fully saturated rings. The Morgan fingerprint density at radius 2 is 2.14 bits per heavy atom. The van der Waals surface area contributed by atoms with E-state index in [-0.39, 0.29) is 23.1 Å². The Hall–Kier alpha value is -1.82. The van der Waals surface area contributed by atoms with Crippen LogP contribution in [0.25, 0.3) is 0 Å². The zero-order chi connectivity index (χ0) is 16.0. The summed E-state index contributed by atoms with van der Waals surface area (Å²) >= 11 is 0. The molecule has 1 aromatic rings. The van der Waals surface area contributed by atoms with Crippen molar-refractivity contribution in [2.24, 2.45) is 10.4 Å². The number of hydrogen-bond donors (Lipinski definition) is 2. The maximum absolute atomic E-state index is 13.5. The van der Waals surface area contributed by atoms with Crippen molar-refractivity contribution in [3.05, 3.63) is 30.1 Å². The summed E-state index contributed by atoms with van der Waals surface area (Å²) in [6.07, 6.45) is -0.182. The highest BCUT2D eigenvalue weighted by Crippen LogP contribution is 2.24. The molecule has 1 atom stereocenters. The Morgan fingerprint density at radius 3 is 2.73 bits per heavy atom. The molecule has 122 valence electrons. The van der Waals surface area contributed by atoms with Crippen molar-refractivity contribution in [1.29, 1.82) is 0 Å². The van der Waals surface area contributed by atoms with Crippen LogP contribution in [0.15, 0.2) is 29.3 Å². The van der Waals surface area contributed by atoms with Crippen LogP contribution >= 0.6 is 0 Å². The van der Waals surface area contributed by atoms with Crippen LogP contribution in [0, 0.1) is 11.2 Å².